The number of carbonyl (C=O) groups is 2. The van der Waals surface area contributed by atoms with Gasteiger partial charge in [0, 0.05) is 12.8 Å². The Balaban J connectivity index is 4.16. The fraction of sp³-hybridized carbons (Fsp3) is 0.726. The molecule has 0 spiro atoms. The molecule has 0 aromatic rings. The van der Waals surface area contributed by atoms with Gasteiger partial charge in [-0.15, -0.1) is 0 Å². The van der Waals surface area contributed by atoms with Crippen molar-refractivity contribution in [2.75, 3.05) is 47.5 Å². The fourth-order valence-electron chi connectivity index (χ4n) is 9.36. The van der Waals surface area contributed by atoms with Crippen molar-refractivity contribution >= 4 is 19.8 Å². The number of phosphoric ester groups is 1. The molecule has 0 radical (unpaired) electrons. The Hall–Kier alpha value is -3.33. The Morgan fingerprint density at radius 2 is 0.687 bits per heavy atom. The number of likely N-dealkylation sites (N-methyl/N-ethyl adjacent to an activating group) is 1. The molecule has 0 fully saturated rings. The molecule has 0 aliphatic heterocycles. The van der Waals surface area contributed by atoms with E-state index in [9.17, 15) is 19.0 Å². The lowest BCUT2D eigenvalue weighted by Gasteiger charge is -2.28. The monoisotopic (exact) mass is 1180 g/mol. The number of allylic oxidation sites excluding steroid dienone is 18. The van der Waals surface area contributed by atoms with E-state index in [1.54, 1.807) is 0 Å². The van der Waals surface area contributed by atoms with Crippen LogP contribution in [0.25, 0.3) is 0 Å². The van der Waals surface area contributed by atoms with Gasteiger partial charge in [0.25, 0.3) is 7.82 Å². The second-order valence-electron chi connectivity index (χ2n) is 23.8. The van der Waals surface area contributed by atoms with E-state index in [1.807, 2.05) is 21.1 Å². The third-order valence-corrected chi connectivity index (χ3v) is 15.5. The van der Waals surface area contributed by atoms with Gasteiger partial charge in [-0.2, -0.15) is 0 Å². The first-order valence-electron chi connectivity index (χ1n) is 34.1. The summed E-state index contributed by atoms with van der Waals surface area (Å²) in [5.41, 5.74) is 0. The number of unbranched alkanes of at least 4 members (excludes halogenated alkanes) is 30. The van der Waals surface area contributed by atoms with Crippen molar-refractivity contribution in [1.82, 2.24) is 0 Å². The molecule has 0 aromatic carbocycles. The maximum Gasteiger partial charge on any atom is 0.306 e. The van der Waals surface area contributed by atoms with Crippen molar-refractivity contribution < 1.29 is 42.1 Å². The molecule has 0 bridgehead atoms. The Labute approximate surface area is 512 Å². The smallest absolute Gasteiger partial charge is 0.306 e. The summed E-state index contributed by atoms with van der Waals surface area (Å²) in [5.74, 6) is -0.868. The van der Waals surface area contributed by atoms with Crippen molar-refractivity contribution in [3.63, 3.8) is 0 Å². The maximum absolute atomic E-state index is 12.8. The SMILES string of the molecule is CC/C=C\C/C=C\C/C=C\C/C=C\C/C=C\C/C=C\C/C=C\C/C=C\C/C=C\CCCCCC(=O)OC(COC(=O)CCCCCCCCCCCCCCCCCCCCCCCCCCCCCC)COP(=O)([O-])OCC[N+](C)(C)C. The third-order valence-electron chi connectivity index (χ3n) is 14.6. The zero-order chi connectivity index (χ0) is 60.5. The number of esters is 2. The average molecular weight is 1180 g/mol. The van der Waals surface area contributed by atoms with Crippen molar-refractivity contribution in [2.24, 2.45) is 0 Å². The lowest BCUT2D eigenvalue weighted by Crippen LogP contribution is -2.37. The van der Waals surface area contributed by atoms with Crippen LogP contribution in [-0.4, -0.2) is 70.0 Å². The Bertz CT molecular complexity index is 1770. The number of phosphoric acid groups is 1. The topological polar surface area (TPSA) is 111 Å². The average Bonchev–Trinajstić information content (AvgIpc) is 3.49. The molecule has 478 valence electrons. The molecule has 0 aliphatic carbocycles. The summed E-state index contributed by atoms with van der Waals surface area (Å²) in [6, 6.07) is 0. The van der Waals surface area contributed by atoms with E-state index in [1.165, 1.54) is 161 Å². The Morgan fingerprint density at radius 3 is 1.02 bits per heavy atom. The van der Waals surface area contributed by atoms with Gasteiger partial charge in [-0.05, 0) is 83.5 Å². The fourth-order valence-corrected chi connectivity index (χ4v) is 10.1. The van der Waals surface area contributed by atoms with Crippen molar-refractivity contribution in [1.29, 1.82) is 0 Å². The normalized spacial score (nSPS) is 13.9. The van der Waals surface area contributed by atoms with Crippen LogP contribution >= 0.6 is 7.82 Å². The van der Waals surface area contributed by atoms with E-state index in [-0.39, 0.29) is 26.1 Å². The number of quaternary nitrogens is 1. The van der Waals surface area contributed by atoms with Crippen molar-refractivity contribution in [3.8, 4) is 0 Å². The molecule has 0 rings (SSSR count). The molecule has 0 saturated carbocycles. The predicted octanol–water partition coefficient (Wildman–Crippen LogP) is 21.5. The lowest BCUT2D eigenvalue weighted by molar-refractivity contribution is -0.870. The third kappa shape index (κ3) is 67.7. The predicted molar refractivity (Wildman–Crippen MR) is 355 cm³/mol. The minimum Gasteiger partial charge on any atom is -0.756 e. The van der Waals surface area contributed by atoms with Gasteiger partial charge >= 0.3 is 11.9 Å². The number of hydrogen-bond acceptors (Lipinski definition) is 8. The van der Waals surface area contributed by atoms with Gasteiger partial charge in [-0.1, -0.05) is 303 Å². The quantitative estimate of drug-likeness (QED) is 0.0195. The summed E-state index contributed by atoms with van der Waals surface area (Å²) in [6.45, 7) is 4.11. The van der Waals surface area contributed by atoms with Crippen LogP contribution in [0.5, 0.6) is 0 Å². The minimum atomic E-state index is -4.66. The molecule has 0 aromatic heterocycles. The largest absolute Gasteiger partial charge is 0.756 e. The van der Waals surface area contributed by atoms with Gasteiger partial charge < -0.3 is 27.9 Å². The highest BCUT2D eigenvalue weighted by Crippen LogP contribution is 2.38. The van der Waals surface area contributed by atoms with E-state index >= 15 is 0 Å². The highest BCUT2D eigenvalue weighted by atomic mass is 31.2. The van der Waals surface area contributed by atoms with Gasteiger partial charge in [0.15, 0.2) is 6.10 Å². The molecule has 0 amide bonds. The summed E-state index contributed by atoms with van der Waals surface area (Å²) in [4.78, 5) is 38.0. The molecular formula is C73H128NO8P. The van der Waals surface area contributed by atoms with E-state index < -0.39 is 32.5 Å². The molecule has 0 N–H and O–H groups in total. The van der Waals surface area contributed by atoms with Crippen molar-refractivity contribution in [2.45, 2.75) is 296 Å². The number of hydrogen-bond donors (Lipinski definition) is 0. The molecule has 9 nitrogen and oxygen atoms in total. The summed E-state index contributed by atoms with van der Waals surface area (Å²) in [7, 11) is 1.14. The van der Waals surface area contributed by atoms with Crippen molar-refractivity contribution in [3.05, 3.63) is 109 Å². The zero-order valence-corrected chi connectivity index (χ0v) is 55.3. The van der Waals surface area contributed by atoms with Crippen LogP contribution < -0.4 is 4.89 Å². The zero-order valence-electron chi connectivity index (χ0n) is 54.4. The molecule has 2 unspecified atom stereocenters. The van der Waals surface area contributed by atoms with Crippen LogP contribution in [0.4, 0.5) is 0 Å². The van der Waals surface area contributed by atoms with Gasteiger partial charge in [0.1, 0.15) is 19.8 Å². The Kier molecular flexibility index (Phi) is 60.6. The number of nitrogens with zero attached hydrogens (tertiary/aromatic N) is 1. The van der Waals surface area contributed by atoms with Gasteiger partial charge in [0.05, 0.1) is 27.7 Å². The molecular weight excluding hydrogens is 1050 g/mol. The van der Waals surface area contributed by atoms with Crippen LogP contribution in [0, 0.1) is 0 Å². The second kappa shape index (κ2) is 63.2. The molecule has 2 atom stereocenters. The van der Waals surface area contributed by atoms with E-state index in [2.05, 4.69) is 123 Å². The Morgan fingerprint density at radius 1 is 0.386 bits per heavy atom. The van der Waals surface area contributed by atoms with Crippen LogP contribution in [0.2, 0.25) is 0 Å². The summed E-state index contributed by atoms with van der Waals surface area (Å²) in [5, 5.41) is 0. The highest BCUT2D eigenvalue weighted by Gasteiger charge is 2.22. The van der Waals surface area contributed by atoms with Gasteiger partial charge in [-0.25, -0.2) is 0 Å². The summed E-state index contributed by atoms with van der Waals surface area (Å²) < 4.78 is 34.2. The first-order chi connectivity index (χ1) is 40.5. The van der Waals surface area contributed by atoms with Gasteiger partial charge in [-0.3, -0.25) is 14.2 Å². The molecule has 0 heterocycles. The lowest BCUT2D eigenvalue weighted by atomic mass is 10.0. The molecule has 10 heteroatoms. The second-order valence-corrected chi connectivity index (χ2v) is 25.2. The number of carbonyl (C=O) groups excluding carboxylic acids is 2. The number of rotatable bonds is 62. The molecule has 0 aliphatic rings. The standard InChI is InChI=1S/C73H128NO8P/c1-6-8-10-12-14-16-18-20-22-24-26-28-30-32-34-36-37-38-40-42-44-46-48-50-52-54-56-58-60-62-64-66-73(76)82-71(70-81-83(77,78)80-68-67-74(3,4)5)69-79-72(75)65-63-61-59-57-55-53-51-49-47-45-43-41-39-35-33-31-29-27-25-23-21-19-17-15-13-11-9-7-2/h8,10,14,16,20,22,26,28,32,34,37-38,42,44,48,50,54,56,71H,6-7,9,11-13,15,17-19,21,23-25,27,29-31,33,35-36,39-41,43,45-47,49,51-53,55,57-70H2,1-5H3/b10-8-,16-14-,22-20-,28-26-,34-32-,38-37-,44-42-,50-48-,56-54-. The van der Waals surface area contributed by atoms with E-state index in [4.69, 9.17) is 18.5 Å². The first kappa shape index (κ1) is 79.7. The summed E-state index contributed by atoms with van der Waals surface area (Å²) in [6.07, 6.45) is 88.8. The highest BCUT2D eigenvalue weighted by molar-refractivity contribution is 7.45. The minimum absolute atomic E-state index is 0.0420. The maximum atomic E-state index is 12.8. The van der Waals surface area contributed by atoms with Crippen LogP contribution in [-0.2, 0) is 32.7 Å². The first-order valence-corrected chi connectivity index (χ1v) is 35.6. The number of ether oxygens (including phenoxy) is 2. The van der Waals surface area contributed by atoms with Crippen LogP contribution in [0.3, 0.4) is 0 Å². The molecule has 0 saturated heterocycles. The molecule has 83 heavy (non-hydrogen) atoms. The van der Waals surface area contributed by atoms with E-state index in [0.717, 1.165) is 96.3 Å². The van der Waals surface area contributed by atoms with Gasteiger partial charge in [0.2, 0.25) is 0 Å². The van der Waals surface area contributed by atoms with Crippen LogP contribution in [0.15, 0.2) is 109 Å². The summed E-state index contributed by atoms with van der Waals surface area (Å²) >= 11 is 0. The van der Waals surface area contributed by atoms with Crippen LogP contribution in [0.1, 0.15) is 290 Å². The van der Waals surface area contributed by atoms with E-state index in [0.29, 0.717) is 17.4 Å².